The first-order valence-corrected chi connectivity index (χ1v) is 9.97. The number of ether oxygens (including phenoxy) is 1. The van der Waals surface area contributed by atoms with Crippen LogP contribution in [0.1, 0.15) is 28.9 Å². The van der Waals surface area contributed by atoms with Gasteiger partial charge in [-0.2, -0.15) is 0 Å². The lowest BCUT2D eigenvalue weighted by Crippen LogP contribution is -2.40. The highest BCUT2D eigenvalue weighted by molar-refractivity contribution is 5.97. The molecule has 4 N–H and O–H groups in total. The summed E-state index contributed by atoms with van der Waals surface area (Å²) in [5, 5.41) is 22.7. The molecule has 0 aliphatic heterocycles. The molecule has 32 heavy (non-hydrogen) atoms. The van der Waals surface area contributed by atoms with E-state index in [1.807, 2.05) is 18.2 Å². The van der Waals surface area contributed by atoms with Crippen LogP contribution in [-0.4, -0.2) is 59.3 Å². The van der Waals surface area contributed by atoms with Crippen LogP contribution in [0.15, 0.2) is 42.6 Å². The predicted octanol–water partition coefficient (Wildman–Crippen LogP) is 1.16. The molecule has 10 heteroatoms. The van der Waals surface area contributed by atoms with E-state index in [9.17, 15) is 19.1 Å². The van der Waals surface area contributed by atoms with Crippen LogP contribution < -0.4 is 15.4 Å². The van der Waals surface area contributed by atoms with Crippen LogP contribution in [0, 0.1) is 11.7 Å². The second-order valence-electron chi connectivity index (χ2n) is 7.13. The van der Waals surface area contributed by atoms with Gasteiger partial charge in [0, 0.05) is 30.8 Å². The molecular formula is C22H26FN3O6. The maximum Gasteiger partial charge on any atom is 0.290 e. The van der Waals surface area contributed by atoms with Gasteiger partial charge >= 0.3 is 0 Å². The number of pyridine rings is 1. The Hall–Kier alpha value is -3.53. The zero-order valence-corrected chi connectivity index (χ0v) is 17.5. The van der Waals surface area contributed by atoms with Crippen molar-refractivity contribution in [2.24, 2.45) is 5.92 Å². The first-order chi connectivity index (χ1) is 15.4. The van der Waals surface area contributed by atoms with Crippen LogP contribution in [-0.2, 0) is 16.0 Å². The topological polar surface area (TPSA) is 138 Å². The first-order valence-electron chi connectivity index (χ1n) is 9.97. The van der Waals surface area contributed by atoms with Gasteiger partial charge in [0.15, 0.2) is 0 Å². The van der Waals surface area contributed by atoms with Crippen LogP contribution in [0.5, 0.6) is 5.75 Å². The third-order valence-electron chi connectivity index (χ3n) is 5.03. The molecule has 2 amide bonds. The second kappa shape index (κ2) is 12.4. The average Bonchev–Trinajstić information content (AvgIpc) is 3.15. The van der Waals surface area contributed by atoms with Gasteiger partial charge in [-0.25, -0.2) is 4.39 Å². The number of benzene rings is 1. The number of amides is 2. The molecule has 0 bridgehead atoms. The van der Waals surface area contributed by atoms with E-state index in [0.717, 1.165) is 11.8 Å². The van der Waals surface area contributed by atoms with E-state index >= 15 is 0 Å². The van der Waals surface area contributed by atoms with E-state index in [1.165, 1.54) is 19.2 Å². The predicted molar refractivity (Wildman–Crippen MR) is 113 cm³/mol. The van der Waals surface area contributed by atoms with E-state index in [0.29, 0.717) is 19.4 Å². The summed E-state index contributed by atoms with van der Waals surface area (Å²) in [6.45, 7) is 0.194. The van der Waals surface area contributed by atoms with Gasteiger partial charge in [-0.15, -0.1) is 0 Å². The number of methoxy groups -OCH3 is 1. The largest absolute Gasteiger partial charge is 0.496 e. The molecule has 1 aliphatic rings. The van der Waals surface area contributed by atoms with Gasteiger partial charge in [0.05, 0.1) is 24.8 Å². The Bertz CT molecular complexity index is 912. The number of halogens is 1. The Balaban J connectivity index is 0.00000114. The monoisotopic (exact) mass is 447 g/mol. The molecule has 1 fully saturated rings. The van der Waals surface area contributed by atoms with E-state index in [4.69, 9.17) is 14.6 Å². The van der Waals surface area contributed by atoms with E-state index in [2.05, 4.69) is 15.6 Å². The van der Waals surface area contributed by atoms with E-state index < -0.39 is 29.8 Å². The molecule has 0 saturated heterocycles. The highest BCUT2D eigenvalue weighted by atomic mass is 19.1. The minimum absolute atomic E-state index is 0.0444. The summed E-state index contributed by atoms with van der Waals surface area (Å²) in [6.07, 6.45) is 2.01. The number of carboxylic acid groups (broad SMARTS) is 1. The van der Waals surface area contributed by atoms with Crippen molar-refractivity contribution in [3.63, 3.8) is 0 Å². The number of hydrogen-bond acceptors (Lipinski definition) is 6. The van der Waals surface area contributed by atoms with Crippen molar-refractivity contribution >= 4 is 18.3 Å². The summed E-state index contributed by atoms with van der Waals surface area (Å²) >= 11 is 0. The Morgan fingerprint density at radius 2 is 2.03 bits per heavy atom. The number of rotatable bonds is 7. The van der Waals surface area contributed by atoms with Gasteiger partial charge in [-0.3, -0.25) is 19.4 Å². The number of aliphatic hydroxyl groups is 1. The normalized spacial score (nSPS) is 19.3. The number of carbonyl (C=O) groups excluding carboxylic acids is 2. The maximum atomic E-state index is 13.5. The average molecular weight is 447 g/mol. The zero-order valence-electron chi connectivity index (χ0n) is 17.5. The molecule has 9 nitrogen and oxygen atoms in total. The Kier molecular flexibility index (Phi) is 9.55. The SMILES string of the molecule is COc1ccc(F)cc1C(=O)N[C@H]1C[C@H](C(=O)NCCc2ccccn2)C[C@@H]1O.O=CO. The molecule has 172 valence electrons. The van der Waals surface area contributed by atoms with Gasteiger partial charge in [0.1, 0.15) is 11.6 Å². The van der Waals surface area contributed by atoms with Crippen molar-refractivity contribution in [2.75, 3.05) is 13.7 Å². The summed E-state index contributed by atoms with van der Waals surface area (Å²) in [7, 11) is 1.39. The minimum Gasteiger partial charge on any atom is -0.496 e. The summed E-state index contributed by atoms with van der Waals surface area (Å²) in [5.41, 5.74) is 0.927. The van der Waals surface area contributed by atoms with E-state index in [1.54, 1.807) is 6.20 Å². The van der Waals surface area contributed by atoms with Crippen molar-refractivity contribution < 1.29 is 33.7 Å². The Labute approximate surface area is 184 Å². The fourth-order valence-corrected chi connectivity index (χ4v) is 3.49. The molecule has 1 heterocycles. The molecule has 2 aromatic rings. The van der Waals surface area contributed by atoms with Gasteiger partial charge in [-0.05, 0) is 43.2 Å². The summed E-state index contributed by atoms with van der Waals surface area (Å²) in [5.74, 6) is -1.46. The number of hydrogen-bond donors (Lipinski definition) is 4. The number of aromatic nitrogens is 1. The van der Waals surface area contributed by atoms with Crippen LogP contribution in [0.2, 0.25) is 0 Å². The summed E-state index contributed by atoms with van der Waals surface area (Å²) in [4.78, 5) is 37.5. The van der Waals surface area contributed by atoms with Crippen molar-refractivity contribution in [1.29, 1.82) is 0 Å². The summed E-state index contributed by atoms with van der Waals surface area (Å²) < 4.78 is 18.6. The number of aliphatic hydroxyl groups excluding tert-OH is 1. The lowest BCUT2D eigenvalue weighted by Gasteiger charge is -2.17. The number of nitrogens with one attached hydrogen (secondary N) is 2. The van der Waals surface area contributed by atoms with Crippen molar-refractivity contribution in [1.82, 2.24) is 15.6 Å². The van der Waals surface area contributed by atoms with Crippen LogP contribution in [0.25, 0.3) is 0 Å². The first kappa shape index (κ1) is 24.7. The standard InChI is InChI=1S/C21H24FN3O4.CH2O2/c1-29-19-6-5-14(22)12-16(19)21(28)25-17-10-13(11-18(17)26)20(27)24-9-7-15-4-2-3-8-23-15;2-1-3/h2-6,8,12-13,17-18,26H,7,9-11H2,1H3,(H,24,27)(H,25,28);1H,(H,2,3)/t13-,17-,18-;/m0./s1. The third kappa shape index (κ3) is 7.02. The molecule has 1 saturated carbocycles. The quantitative estimate of drug-likeness (QED) is 0.467. The van der Waals surface area contributed by atoms with Crippen LogP contribution in [0.3, 0.4) is 0 Å². The molecule has 1 aromatic carbocycles. The Morgan fingerprint density at radius 3 is 2.69 bits per heavy atom. The van der Waals surface area contributed by atoms with Gasteiger partial charge in [-0.1, -0.05) is 6.07 Å². The number of carbonyl (C=O) groups is 3. The molecule has 0 spiro atoms. The third-order valence-corrected chi connectivity index (χ3v) is 5.03. The van der Waals surface area contributed by atoms with Crippen LogP contribution in [0.4, 0.5) is 4.39 Å². The second-order valence-corrected chi connectivity index (χ2v) is 7.13. The van der Waals surface area contributed by atoms with Gasteiger partial charge in [0.25, 0.3) is 12.4 Å². The molecule has 1 aliphatic carbocycles. The smallest absolute Gasteiger partial charge is 0.290 e. The number of nitrogens with zero attached hydrogens (tertiary/aromatic N) is 1. The van der Waals surface area contributed by atoms with Crippen molar-refractivity contribution in [2.45, 2.75) is 31.4 Å². The minimum atomic E-state index is -0.856. The summed E-state index contributed by atoms with van der Waals surface area (Å²) in [6, 6.07) is 8.66. The fraction of sp³-hybridized carbons (Fsp3) is 0.364. The molecule has 3 rings (SSSR count). The molecule has 1 aromatic heterocycles. The zero-order chi connectivity index (χ0) is 23.5. The Morgan fingerprint density at radius 1 is 1.28 bits per heavy atom. The van der Waals surface area contributed by atoms with Crippen molar-refractivity contribution in [3.8, 4) is 5.75 Å². The fourth-order valence-electron chi connectivity index (χ4n) is 3.49. The lowest BCUT2D eigenvalue weighted by molar-refractivity contribution is -0.125. The van der Waals surface area contributed by atoms with Gasteiger partial charge < -0.3 is 25.6 Å². The van der Waals surface area contributed by atoms with E-state index in [-0.39, 0.29) is 30.1 Å². The molecule has 3 atom stereocenters. The lowest BCUT2D eigenvalue weighted by atomic mass is 10.1. The van der Waals surface area contributed by atoms with Crippen molar-refractivity contribution in [3.05, 3.63) is 59.7 Å². The molecule has 0 radical (unpaired) electrons. The highest BCUT2D eigenvalue weighted by Gasteiger charge is 2.38. The van der Waals surface area contributed by atoms with Gasteiger partial charge in [0.2, 0.25) is 5.91 Å². The highest BCUT2D eigenvalue weighted by Crippen LogP contribution is 2.27. The van der Waals surface area contributed by atoms with Crippen LogP contribution >= 0.6 is 0 Å². The molecular weight excluding hydrogens is 421 g/mol. The maximum absolute atomic E-state index is 13.5. The molecule has 0 unspecified atom stereocenters.